The quantitative estimate of drug-likeness (QED) is 0.776. The smallest absolute Gasteiger partial charge is 0.138 e. The van der Waals surface area contributed by atoms with Crippen LogP contribution in [0.2, 0.25) is 0 Å². The number of hydrogen-bond acceptors (Lipinski definition) is 2. The summed E-state index contributed by atoms with van der Waals surface area (Å²) in [7, 11) is 0. The highest BCUT2D eigenvalue weighted by Gasteiger charge is 2.30. The molecular formula is C17H22BrN3. The largest absolute Gasteiger partial charge is 0.250 e. The Hall–Kier alpha value is -1.16. The second-order valence-electron chi connectivity index (χ2n) is 5.89. The third-order valence-electron chi connectivity index (χ3n) is 4.60. The van der Waals surface area contributed by atoms with Gasteiger partial charge in [0.1, 0.15) is 12.2 Å². The number of halogens is 1. The first kappa shape index (κ1) is 14.8. The Labute approximate surface area is 134 Å². The van der Waals surface area contributed by atoms with Gasteiger partial charge in [-0.05, 0) is 43.6 Å². The minimum atomic E-state index is 0.597. The minimum Gasteiger partial charge on any atom is -0.250 e. The molecule has 1 fully saturated rings. The van der Waals surface area contributed by atoms with Crippen molar-refractivity contribution in [3.63, 3.8) is 0 Å². The first-order valence-corrected chi connectivity index (χ1v) is 8.75. The molecule has 1 aliphatic rings. The van der Waals surface area contributed by atoms with Crippen LogP contribution in [0.3, 0.4) is 0 Å². The number of alkyl halides is 1. The van der Waals surface area contributed by atoms with E-state index in [1.54, 1.807) is 6.33 Å². The van der Waals surface area contributed by atoms with Gasteiger partial charge in [0.15, 0.2) is 0 Å². The molecule has 3 unspecified atom stereocenters. The van der Waals surface area contributed by atoms with Gasteiger partial charge in [0.25, 0.3) is 0 Å². The van der Waals surface area contributed by atoms with Crippen molar-refractivity contribution < 1.29 is 0 Å². The number of rotatable bonds is 4. The molecule has 0 amide bonds. The van der Waals surface area contributed by atoms with Crippen LogP contribution in [-0.4, -0.2) is 19.6 Å². The third kappa shape index (κ3) is 3.37. The third-order valence-corrected chi connectivity index (χ3v) is 5.81. The monoisotopic (exact) mass is 347 g/mol. The van der Waals surface area contributed by atoms with Crippen molar-refractivity contribution in [2.75, 3.05) is 0 Å². The molecule has 2 aromatic rings. The van der Waals surface area contributed by atoms with E-state index in [1.165, 1.54) is 24.8 Å². The molecule has 0 radical (unpaired) electrons. The second kappa shape index (κ2) is 6.73. The highest BCUT2D eigenvalue weighted by molar-refractivity contribution is 9.09. The van der Waals surface area contributed by atoms with Crippen molar-refractivity contribution in [2.45, 2.75) is 49.9 Å². The Kier molecular flexibility index (Phi) is 4.73. The maximum absolute atomic E-state index is 4.44. The molecule has 1 aromatic carbocycles. The lowest BCUT2D eigenvalue weighted by atomic mass is 9.76. The van der Waals surface area contributed by atoms with Gasteiger partial charge < -0.3 is 0 Å². The van der Waals surface area contributed by atoms with E-state index >= 15 is 0 Å². The number of aromatic nitrogens is 3. The molecule has 0 bridgehead atoms. The number of nitrogens with zero attached hydrogens (tertiary/aromatic N) is 3. The molecule has 21 heavy (non-hydrogen) atoms. The summed E-state index contributed by atoms with van der Waals surface area (Å²) in [6.45, 7) is 3.02. The van der Waals surface area contributed by atoms with Gasteiger partial charge in [-0.3, -0.25) is 4.68 Å². The van der Waals surface area contributed by atoms with Crippen molar-refractivity contribution in [3.8, 4) is 0 Å². The van der Waals surface area contributed by atoms with Gasteiger partial charge in [-0.15, -0.1) is 0 Å². The lowest BCUT2D eigenvalue weighted by Gasteiger charge is -2.33. The van der Waals surface area contributed by atoms with Gasteiger partial charge in [0, 0.05) is 17.8 Å². The van der Waals surface area contributed by atoms with Crippen molar-refractivity contribution >= 4 is 15.9 Å². The zero-order chi connectivity index (χ0) is 14.7. The van der Waals surface area contributed by atoms with E-state index in [9.17, 15) is 0 Å². The zero-order valence-electron chi connectivity index (χ0n) is 12.5. The highest BCUT2D eigenvalue weighted by Crippen LogP contribution is 2.40. The second-order valence-corrected chi connectivity index (χ2v) is 7.07. The van der Waals surface area contributed by atoms with Crippen LogP contribution in [0.4, 0.5) is 0 Å². The molecule has 1 aromatic heterocycles. The Bertz CT molecular complexity index is 566. The first-order chi connectivity index (χ1) is 10.3. The van der Waals surface area contributed by atoms with Crippen LogP contribution < -0.4 is 0 Å². The maximum Gasteiger partial charge on any atom is 0.138 e. The summed E-state index contributed by atoms with van der Waals surface area (Å²) in [6.07, 6.45) is 6.45. The van der Waals surface area contributed by atoms with E-state index in [1.807, 2.05) is 4.68 Å². The first-order valence-electron chi connectivity index (χ1n) is 7.83. The average molecular weight is 348 g/mol. The van der Waals surface area contributed by atoms with E-state index in [2.05, 4.69) is 63.3 Å². The Morgan fingerprint density at radius 2 is 2.05 bits per heavy atom. The molecule has 3 atom stereocenters. The molecular weight excluding hydrogens is 326 g/mol. The molecule has 3 rings (SSSR count). The summed E-state index contributed by atoms with van der Waals surface area (Å²) in [5.41, 5.74) is 1.49. The van der Waals surface area contributed by atoms with Gasteiger partial charge in [0.05, 0.1) is 0 Å². The van der Waals surface area contributed by atoms with Crippen LogP contribution in [0, 0.1) is 5.92 Å². The fraction of sp³-hybridized carbons (Fsp3) is 0.529. The fourth-order valence-corrected chi connectivity index (χ4v) is 4.08. The van der Waals surface area contributed by atoms with Crippen LogP contribution in [0.25, 0.3) is 0 Å². The average Bonchev–Trinajstić information content (AvgIpc) is 2.97. The predicted octanol–water partition coefficient (Wildman–Crippen LogP) is 4.19. The summed E-state index contributed by atoms with van der Waals surface area (Å²) in [5, 5.41) is 4.29. The SMILES string of the molecule is CCn1ncnc1CC1CC(c2ccccc2)CCC1Br. The molecule has 0 spiro atoms. The lowest BCUT2D eigenvalue weighted by Crippen LogP contribution is -2.27. The van der Waals surface area contributed by atoms with E-state index in [4.69, 9.17) is 0 Å². The van der Waals surface area contributed by atoms with Gasteiger partial charge >= 0.3 is 0 Å². The topological polar surface area (TPSA) is 30.7 Å². The normalized spacial score (nSPS) is 25.9. The summed E-state index contributed by atoms with van der Waals surface area (Å²) in [4.78, 5) is 5.04. The lowest BCUT2D eigenvalue weighted by molar-refractivity contribution is 0.326. The van der Waals surface area contributed by atoms with Crippen LogP contribution in [0.5, 0.6) is 0 Å². The Balaban J connectivity index is 1.72. The van der Waals surface area contributed by atoms with Gasteiger partial charge in [-0.25, -0.2) is 4.98 Å². The molecule has 0 N–H and O–H groups in total. The number of hydrogen-bond donors (Lipinski definition) is 0. The van der Waals surface area contributed by atoms with Crippen molar-refractivity contribution in [1.82, 2.24) is 14.8 Å². The number of benzene rings is 1. The molecule has 1 heterocycles. The molecule has 0 saturated heterocycles. The van der Waals surface area contributed by atoms with Gasteiger partial charge in [-0.2, -0.15) is 5.10 Å². The standard InChI is InChI=1S/C17H22BrN3/c1-2-21-17(19-12-20-21)11-15-10-14(8-9-16(15)18)13-6-4-3-5-7-13/h3-7,12,14-16H,2,8-11H2,1H3. The molecule has 4 heteroatoms. The van der Waals surface area contributed by atoms with Crippen LogP contribution in [-0.2, 0) is 13.0 Å². The van der Waals surface area contributed by atoms with Crippen molar-refractivity contribution in [3.05, 3.63) is 48.0 Å². The zero-order valence-corrected chi connectivity index (χ0v) is 14.0. The van der Waals surface area contributed by atoms with Crippen LogP contribution >= 0.6 is 15.9 Å². The van der Waals surface area contributed by atoms with E-state index in [0.717, 1.165) is 18.8 Å². The Morgan fingerprint density at radius 1 is 1.24 bits per heavy atom. The predicted molar refractivity (Wildman–Crippen MR) is 88.6 cm³/mol. The summed E-state index contributed by atoms with van der Waals surface area (Å²) >= 11 is 3.89. The van der Waals surface area contributed by atoms with Crippen molar-refractivity contribution in [2.24, 2.45) is 5.92 Å². The van der Waals surface area contributed by atoms with Gasteiger partial charge in [0.2, 0.25) is 0 Å². The maximum atomic E-state index is 4.44. The molecule has 1 aliphatic carbocycles. The minimum absolute atomic E-state index is 0.597. The van der Waals surface area contributed by atoms with E-state index < -0.39 is 0 Å². The molecule has 1 saturated carbocycles. The summed E-state index contributed by atoms with van der Waals surface area (Å²) < 4.78 is 2.02. The molecule has 112 valence electrons. The van der Waals surface area contributed by atoms with Gasteiger partial charge in [-0.1, -0.05) is 46.3 Å². The van der Waals surface area contributed by atoms with E-state index in [-0.39, 0.29) is 0 Å². The van der Waals surface area contributed by atoms with Crippen molar-refractivity contribution in [1.29, 1.82) is 0 Å². The van der Waals surface area contributed by atoms with Crippen LogP contribution in [0.15, 0.2) is 36.7 Å². The molecule has 3 nitrogen and oxygen atoms in total. The fourth-order valence-electron chi connectivity index (χ4n) is 3.41. The summed E-state index contributed by atoms with van der Waals surface area (Å²) in [6, 6.07) is 10.9. The highest BCUT2D eigenvalue weighted by atomic mass is 79.9. The summed E-state index contributed by atoms with van der Waals surface area (Å²) in [5.74, 6) is 2.45. The Morgan fingerprint density at radius 3 is 2.81 bits per heavy atom. The van der Waals surface area contributed by atoms with E-state index in [0.29, 0.717) is 16.7 Å². The van der Waals surface area contributed by atoms with Crippen LogP contribution in [0.1, 0.15) is 43.5 Å². The number of aryl methyl sites for hydroxylation is 1. The molecule has 0 aliphatic heterocycles.